The van der Waals surface area contributed by atoms with Gasteiger partial charge in [-0.15, -0.1) is 10.2 Å². The lowest BCUT2D eigenvalue weighted by atomic mass is 9.87. The van der Waals surface area contributed by atoms with Crippen LogP contribution in [0.3, 0.4) is 0 Å². The molecule has 4 rings (SSSR count). The van der Waals surface area contributed by atoms with Crippen molar-refractivity contribution in [1.82, 2.24) is 14.8 Å². The lowest BCUT2D eigenvalue weighted by molar-refractivity contribution is -0.139. The van der Waals surface area contributed by atoms with E-state index in [-0.39, 0.29) is 17.1 Å². The van der Waals surface area contributed by atoms with Crippen LogP contribution in [0.5, 0.6) is 5.75 Å². The number of aryl methyl sites for hydroxylation is 1. The summed E-state index contributed by atoms with van der Waals surface area (Å²) >= 11 is 14.4. The first-order valence-electron chi connectivity index (χ1n) is 12.3. The van der Waals surface area contributed by atoms with Gasteiger partial charge in [-0.05, 0) is 65.4 Å². The number of rotatable bonds is 9. The van der Waals surface area contributed by atoms with E-state index in [9.17, 15) is 9.59 Å². The molecule has 0 saturated heterocycles. The fourth-order valence-corrected chi connectivity index (χ4v) is 5.15. The number of aliphatic carboxylic acids is 1. The van der Waals surface area contributed by atoms with Gasteiger partial charge in [-0.1, -0.05) is 80.0 Å². The van der Waals surface area contributed by atoms with Gasteiger partial charge >= 0.3 is 5.97 Å². The van der Waals surface area contributed by atoms with Crippen LogP contribution < -0.4 is 10.1 Å². The molecule has 40 heavy (non-hydrogen) atoms. The summed E-state index contributed by atoms with van der Waals surface area (Å²) < 4.78 is 7.00. The van der Waals surface area contributed by atoms with Crippen LogP contribution in [-0.2, 0) is 15.0 Å². The number of nitrogens with zero attached hydrogens (tertiary/aromatic N) is 3. The largest absolute Gasteiger partial charge is 0.482 e. The topological polar surface area (TPSA) is 106 Å². The number of carbonyl (C=O) groups is 2. The second kappa shape index (κ2) is 12.3. The monoisotopic (exact) mass is 598 g/mol. The van der Waals surface area contributed by atoms with Crippen molar-refractivity contribution < 1.29 is 19.4 Å². The normalized spacial score (nSPS) is 11.3. The van der Waals surface area contributed by atoms with Crippen molar-refractivity contribution in [2.75, 3.05) is 17.7 Å². The van der Waals surface area contributed by atoms with Gasteiger partial charge in [-0.2, -0.15) is 0 Å². The molecule has 8 nitrogen and oxygen atoms in total. The predicted molar refractivity (Wildman–Crippen MR) is 159 cm³/mol. The first kappa shape index (κ1) is 29.5. The molecule has 0 radical (unpaired) electrons. The van der Waals surface area contributed by atoms with E-state index < -0.39 is 12.6 Å². The third kappa shape index (κ3) is 7.15. The van der Waals surface area contributed by atoms with Gasteiger partial charge in [0.05, 0.1) is 27.2 Å². The number of carbonyl (C=O) groups excluding carboxylic acids is 1. The SMILES string of the molecule is Cc1nnc(SCC(=O)Nc2ccc(-c3ccc(OCC(=O)O)cc3)cc2Cl)n1-c1ccc(C(C)(C)C)cc1Cl. The Bertz CT molecular complexity index is 1550. The van der Waals surface area contributed by atoms with Crippen molar-refractivity contribution in [2.45, 2.75) is 38.3 Å². The lowest BCUT2D eigenvalue weighted by Crippen LogP contribution is -2.15. The zero-order valence-corrected chi connectivity index (χ0v) is 24.7. The van der Waals surface area contributed by atoms with E-state index >= 15 is 0 Å². The molecule has 11 heteroatoms. The Hall–Kier alpha value is -3.53. The number of nitrogens with one attached hydrogen (secondary N) is 1. The number of carboxylic acids is 1. The van der Waals surface area contributed by atoms with Crippen LogP contribution in [0.15, 0.2) is 65.8 Å². The number of hydrogen-bond acceptors (Lipinski definition) is 6. The van der Waals surface area contributed by atoms with Gasteiger partial charge in [-0.3, -0.25) is 9.36 Å². The summed E-state index contributed by atoms with van der Waals surface area (Å²) in [5.41, 5.74) is 4.01. The van der Waals surface area contributed by atoms with Crippen molar-refractivity contribution in [3.05, 3.63) is 82.1 Å². The van der Waals surface area contributed by atoms with Crippen LogP contribution in [0.25, 0.3) is 16.8 Å². The lowest BCUT2D eigenvalue weighted by Gasteiger charge is -2.20. The molecule has 1 amide bonds. The molecule has 0 aliphatic rings. The first-order valence-corrected chi connectivity index (χ1v) is 14.1. The fourth-order valence-electron chi connectivity index (χ4n) is 3.87. The third-order valence-corrected chi connectivity index (χ3v) is 7.52. The van der Waals surface area contributed by atoms with Crippen molar-refractivity contribution in [3.63, 3.8) is 0 Å². The number of carboxylic acid groups (broad SMARTS) is 1. The predicted octanol–water partition coefficient (Wildman–Crippen LogP) is 7.04. The minimum Gasteiger partial charge on any atom is -0.482 e. The Balaban J connectivity index is 1.41. The van der Waals surface area contributed by atoms with Crippen molar-refractivity contribution in [1.29, 1.82) is 0 Å². The zero-order chi connectivity index (χ0) is 29.0. The molecule has 3 aromatic carbocycles. The summed E-state index contributed by atoms with van der Waals surface area (Å²) in [6.45, 7) is 7.81. The van der Waals surface area contributed by atoms with Crippen LogP contribution in [0.2, 0.25) is 10.0 Å². The minimum absolute atomic E-state index is 0.0392. The standard InChI is InChI=1S/C29H28Cl2N4O4S/c1-17-33-34-28(35(17)25-12-8-20(14-23(25)31)29(2,3)4)40-16-26(36)32-24-11-7-19(13-22(24)30)18-5-9-21(10-6-18)39-15-27(37)38/h5-14H,15-16H2,1-4H3,(H,32,36)(H,37,38). The molecule has 1 aromatic heterocycles. The van der Waals surface area contributed by atoms with Gasteiger partial charge in [0.1, 0.15) is 11.6 Å². The molecule has 0 atom stereocenters. The first-order chi connectivity index (χ1) is 18.9. The Morgan fingerprint density at radius 2 is 1.68 bits per heavy atom. The van der Waals surface area contributed by atoms with Crippen LogP contribution in [0, 0.1) is 6.92 Å². The maximum atomic E-state index is 12.8. The Morgan fingerprint density at radius 1 is 0.975 bits per heavy atom. The second-order valence-electron chi connectivity index (χ2n) is 10.0. The highest BCUT2D eigenvalue weighted by atomic mass is 35.5. The van der Waals surface area contributed by atoms with Crippen LogP contribution in [0.4, 0.5) is 5.69 Å². The Kier molecular flexibility index (Phi) is 9.08. The fraction of sp³-hybridized carbons (Fsp3) is 0.241. The number of aromatic nitrogens is 3. The zero-order valence-electron chi connectivity index (χ0n) is 22.4. The summed E-state index contributed by atoms with van der Waals surface area (Å²) in [5.74, 6) is -0.0893. The van der Waals surface area contributed by atoms with E-state index in [1.165, 1.54) is 11.8 Å². The third-order valence-electron chi connectivity index (χ3n) is 5.98. The van der Waals surface area contributed by atoms with Crippen LogP contribution >= 0.6 is 35.0 Å². The molecule has 0 saturated carbocycles. The van der Waals surface area contributed by atoms with E-state index in [2.05, 4.69) is 36.3 Å². The van der Waals surface area contributed by atoms with Crippen LogP contribution in [0.1, 0.15) is 32.2 Å². The molecule has 0 spiro atoms. The summed E-state index contributed by atoms with van der Waals surface area (Å²) in [5, 5.41) is 21.5. The molecular formula is C29H28Cl2N4O4S. The summed E-state index contributed by atoms with van der Waals surface area (Å²) in [6, 6.07) is 18.2. The molecule has 0 aliphatic heterocycles. The average molecular weight is 600 g/mol. The van der Waals surface area contributed by atoms with Crippen LogP contribution in [-0.4, -0.2) is 44.1 Å². The molecule has 0 fully saturated rings. The minimum atomic E-state index is -1.04. The number of anilines is 1. The Morgan fingerprint density at radius 3 is 2.30 bits per heavy atom. The number of benzene rings is 3. The van der Waals surface area contributed by atoms with Gasteiger partial charge in [-0.25, -0.2) is 4.79 Å². The maximum absolute atomic E-state index is 12.8. The number of amides is 1. The highest BCUT2D eigenvalue weighted by Gasteiger charge is 2.19. The summed E-state index contributed by atoms with van der Waals surface area (Å²) in [7, 11) is 0. The van der Waals surface area contributed by atoms with E-state index in [1.807, 2.05) is 35.8 Å². The molecule has 0 bridgehead atoms. The van der Waals surface area contributed by atoms with Gasteiger partial charge in [0, 0.05) is 0 Å². The maximum Gasteiger partial charge on any atom is 0.341 e. The van der Waals surface area contributed by atoms with Gasteiger partial charge in [0.2, 0.25) is 5.91 Å². The van der Waals surface area contributed by atoms with Crippen molar-refractivity contribution in [3.8, 4) is 22.6 Å². The van der Waals surface area contributed by atoms with Gasteiger partial charge < -0.3 is 15.2 Å². The molecule has 0 aliphatic carbocycles. The smallest absolute Gasteiger partial charge is 0.341 e. The number of halogens is 2. The molecule has 1 heterocycles. The molecule has 2 N–H and O–H groups in total. The quantitative estimate of drug-likeness (QED) is 0.199. The Labute approximate surface area is 246 Å². The molecular weight excluding hydrogens is 571 g/mol. The second-order valence-corrected chi connectivity index (χ2v) is 11.8. The highest BCUT2D eigenvalue weighted by Crippen LogP contribution is 2.33. The van der Waals surface area contributed by atoms with E-state index in [0.717, 1.165) is 22.4 Å². The van der Waals surface area contributed by atoms with Gasteiger partial charge in [0.25, 0.3) is 0 Å². The van der Waals surface area contributed by atoms with Gasteiger partial charge in [0.15, 0.2) is 11.8 Å². The molecule has 4 aromatic rings. The van der Waals surface area contributed by atoms with Crippen molar-refractivity contribution in [2.24, 2.45) is 0 Å². The number of hydrogen-bond donors (Lipinski definition) is 2. The average Bonchev–Trinajstić information content (AvgIpc) is 3.27. The van der Waals surface area contributed by atoms with E-state index in [1.54, 1.807) is 36.4 Å². The molecule has 208 valence electrons. The number of thioether (sulfide) groups is 1. The number of ether oxygens (including phenoxy) is 1. The molecule has 0 unspecified atom stereocenters. The highest BCUT2D eigenvalue weighted by molar-refractivity contribution is 7.99. The summed E-state index contributed by atoms with van der Waals surface area (Å²) in [6.07, 6.45) is 0. The summed E-state index contributed by atoms with van der Waals surface area (Å²) in [4.78, 5) is 23.4. The van der Waals surface area contributed by atoms with Crippen molar-refractivity contribution >= 4 is 52.5 Å². The van der Waals surface area contributed by atoms with E-state index in [0.29, 0.717) is 32.5 Å². The van der Waals surface area contributed by atoms with E-state index in [4.69, 9.17) is 33.0 Å².